The van der Waals surface area contributed by atoms with Gasteiger partial charge < -0.3 is 20.5 Å². The quantitative estimate of drug-likeness (QED) is 0.797. The summed E-state index contributed by atoms with van der Waals surface area (Å²) in [6.45, 7) is 0.324. The number of nitrogens with two attached hydrogens (primary N) is 1. The first-order valence-electron chi connectivity index (χ1n) is 7.44. The lowest BCUT2D eigenvalue weighted by Gasteiger charge is -2.13. The van der Waals surface area contributed by atoms with Gasteiger partial charge in [0.25, 0.3) is 0 Å². The Labute approximate surface area is 158 Å². The molecule has 0 saturated heterocycles. The van der Waals surface area contributed by atoms with Gasteiger partial charge in [0.15, 0.2) is 0 Å². The van der Waals surface area contributed by atoms with E-state index in [0.717, 1.165) is 18.4 Å². The number of carbonyl (C=O) groups excluding carboxylic acids is 1. The number of amides is 1. The molecule has 1 fully saturated rings. The molecule has 3 rings (SSSR count). The van der Waals surface area contributed by atoms with Gasteiger partial charge in [0, 0.05) is 24.4 Å². The number of aromatic nitrogens is 1. The molecule has 1 saturated carbocycles. The minimum Gasteiger partial charge on any atom is -0.497 e. The summed E-state index contributed by atoms with van der Waals surface area (Å²) >= 11 is 0. The Kier molecular flexibility index (Phi) is 7.48. The highest BCUT2D eigenvalue weighted by molar-refractivity contribution is 5.88. The normalized spacial score (nSPS) is 13.7. The summed E-state index contributed by atoms with van der Waals surface area (Å²) in [4.78, 5) is 16.2. The average molecular weight is 386 g/mol. The van der Waals surface area contributed by atoms with E-state index < -0.39 is 5.54 Å². The second-order valence-corrected chi connectivity index (χ2v) is 5.59. The van der Waals surface area contributed by atoms with E-state index in [1.807, 2.05) is 24.3 Å². The minimum absolute atomic E-state index is 0. The van der Waals surface area contributed by atoms with Gasteiger partial charge in [-0.05, 0) is 31.0 Å². The van der Waals surface area contributed by atoms with Gasteiger partial charge in [-0.2, -0.15) is 0 Å². The van der Waals surface area contributed by atoms with Crippen molar-refractivity contribution < 1.29 is 14.3 Å². The van der Waals surface area contributed by atoms with E-state index in [1.54, 1.807) is 25.4 Å². The van der Waals surface area contributed by atoms with Crippen molar-refractivity contribution >= 4 is 30.7 Å². The molecule has 0 aliphatic heterocycles. The minimum atomic E-state index is -0.684. The largest absolute Gasteiger partial charge is 0.497 e. The van der Waals surface area contributed by atoms with E-state index >= 15 is 0 Å². The Morgan fingerprint density at radius 2 is 1.96 bits per heavy atom. The number of halogens is 2. The molecule has 0 bridgehead atoms. The molecule has 1 aliphatic rings. The van der Waals surface area contributed by atoms with Crippen molar-refractivity contribution in [2.24, 2.45) is 5.73 Å². The fourth-order valence-electron chi connectivity index (χ4n) is 2.14. The number of methoxy groups -OCH3 is 1. The molecule has 1 aliphatic carbocycles. The van der Waals surface area contributed by atoms with E-state index in [1.165, 1.54) is 0 Å². The summed E-state index contributed by atoms with van der Waals surface area (Å²) < 4.78 is 11.0. The zero-order valence-corrected chi connectivity index (χ0v) is 15.4. The van der Waals surface area contributed by atoms with Crippen molar-refractivity contribution in [1.82, 2.24) is 10.3 Å². The first-order chi connectivity index (χ1) is 11.1. The second-order valence-electron chi connectivity index (χ2n) is 5.59. The van der Waals surface area contributed by atoms with Crippen LogP contribution in [0.4, 0.5) is 0 Å². The van der Waals surface area contributed by atoms with Gasteiger partial charge in [0.2, 0.25) is 11.8 Å². The molecular formula is C17H21Cl2N3O3. The Morgan fingerprint density at radius 1 is 1.24 bits per heavy atom. The predicted molar refractivity (Wildman–Crippen MR) is 99.8 cm³/mol. The maximum Gasteiger partial charge on any atom is 0.240 e. The molecular weight excluding hydrogens is 365 g/mol. The van der Waals surface area contributed by atoms with Crippen LogP contribution in [0.25, 0.3) is 0 Å². The summed E-state index contributed by atoms with van der Waals surface area (Å²) in [7, 11) is 1.60. The van der Waals surface area contributed by atoms with Crippen LogP contribution < -0.4 is 20.5 Å². The molecule has 1 aromatic heterocycles. The highest BCUT2D eigenvalue weighted by atomic mass is 35.5. The van der Waals surface area contributed by atoms with Gasteiger partial charge in [-0.25, -0.2) is 4.98 Å². The van der Waals surface area contributed by atoms with Crippen LogP contribution in [0.5, 0.6) is 17.4 Å². The molecule has 0 spiro atoms. The molecule has 3 N–H and O–H groups in total. The Bertz CT molecular complexity index is 724. The first-order valence-corrected chi connectivity index (χ1v) is 7.44. The fraction of sp³-hybridized carbons (Fsp3) is 0.294. The van der Waals surface area contributed by atoms with Crippen LogP contribution in [0.15, 0.2) is 42.6 Å². The van der Waals surface area contributed by atoms with Gasteiger partial charge in [-0.15, -0.1) is 24.8 Å². The van der Waals surface area contributed by atoms with E-state index in [-0.39, 0.29) is 30.7 Å². The van der Waals surface area contributed by atoms with Crippen LogP contribution in [0.3, 0.4) is 0 Å². The van der Waals surface area contributed by atoms with Crippen molar-refractivity contribution in [3.05, 3.63) is 48.2 Å². The number of hydrogen-bond acceptors (Lipinski definition) is 5. The summed E-state index contributed by atoms with van der Waals surface area (Å²) in [6, 6.07) is 10.9. The summed E-state index contributed by atoms with van der Waals surface area (Å²) in [5.74, 6) is 1.64. The van der Waals surface area contributed by atoms with Crippen LogP contribution in [0.1, 0.15) is 18.4 Å². The SMILES string of the molecule is COc1cccc(Oc2ncccc2CNC(=O)C2(N)CC2)c1.Cl.Cl. The molecule has 1 aromatic carbocycles. The predicted octanol–water partition coefficient (Wildman–Crippen LogP) is 2.83. The Morgan fingerprint density at radius 3 is 2.64 bits per heavy atom. The third kappa shape index (κ3) is 5.22. The Hall–Kier alpha value is -2.02. The molecule has 0 radical (unpaired) electrons. The van der Waals surface area contributed by atoms with E-state index in [9.17, 15) is 4.79 Å². The van der Waals surface area contributed by atoms with Gasteiger partial charge in [0.1, 0.15) is 11.5 Å². The lowest BCUT2D eigenvalue weighted by atomic mass is 10.2. The average Bonchev–Trinajstić information content (AvgIpc) is 3.33. The molecule has 2 aromatic rings. The first kappa shape index (κ1) is 21.0. The van der Waals surface area contributed by atoms with Crippen LogP contribution in [0, 0.1) is 0 Å². The number of carbonyl (C=O) groups is 1. The molecule has 25 heavy (non-hydrogen) atoms. The molecule has 1 amide bonds. The lowest BCUT2D eigenvalue weighted by Crippen LogP contribution is -2.42. The fourth-order valence-corrected chi connectivity index (χ4v) is 2.14. The van der Waals surface area contributed by atoms with Crippen LogP contribution in [-0.2, 0) is 11.3 Å². The lowest BCUT2D eigenvalue weighted by molar-refractivity contribution is -0.123. The van der Waals surface area contributed by atoms with E-state index in [4.69, 9.17) is 15.2 Å². The van der Waals surface area contributed by atoms with Gasteiger partial charge in [-0.1, -0.05) is 12.1 Å². The van der Waals surface area contributed by atoms with Crippen LogP contribution in [0.2, 0.25) is 0 Å². The molecule has 1 heterocycles. The Balaban J connectivity index is 0.00000156. The highest BCUT2D eigenvalue weighted by Crippen LogP contribution is 2.32. The van der Waals surface area contributed by atoms with Crippen LogP contribution in [-0.4, -0.2) is 23.5 Å². The maximum atomic E-state index is 11.9. The summed E-state index contributed by atoms with van der Waals surface area (Å²) in [5.41, 5.74) is 5.98. The molecule has 0 atom stereocenters. The number of nitrogens with one attached hydrogen (secondary N) is 1. The number of pyridine rings is 1. The molecule has 8 heteroatoms. The third-order valence-electron chi connectivity index (χ3n) is 3.79. The second kappa shape index (κ2) is 8.89. The van der Waals surface area contributed by atoms with Crippen molar-refractivity contribution in [3.63, 3.8) is 0 Å². The maximum absolute atomic E-state index is 11.9. The number of benzene rings is 1. The zero-order valence-electron chi connectivity index (χ0n) is 13.7. The standard InChI is InChI=1S/C17H19N3O3.2ClH/c1-22-13-5-2-6-14(10-13)23-15-12(4-3-9-19-15)11-20-16(21)17(18)7-8-17;;/h2-6,9-10H,7-8,11,18H2,1H3,(H,20,21);2*1H. The van der Waals surface area contributed by atoms with Crippen molar-refractivity contribution in [1.29, 1.82) is 0 Å². The monoisotopic (exact) mass is 385 g/mol. The zero-order chi connectivity index (χ0) is 16.3. The van der Waals surface area contributed by atoms with E-state index in [0.29, 0.717) is 23.9 Å². The van der Waals surface area contributed by atoms with Gasteiger partial charge in [-0.3, -0.25) is 4.79 Å². The number of rotatable bonds is 6. The topological polar surface area (TPSA) is 86.5 Å². The molecule has 136 valence electrons. The number of ether oxygens (including phenoxy) is 2. The number of nitrogens with zero attached hydrogens (tertiary/aromatic N) is 1. The highest BCUT2D eigenvalue weighted by Gasteiger charge is 2.45. The smallest absolute Gasteiger partial charge is 0.240 e. The van der Waals surface area contributed by atoms with Gasteiger partial charge >= 0.3 is 0 Å². The summed E-state index contributed by atoms with van der Waals surface area (Å²) in [5, 5.41) is 2.84. The number of hydrogen-bond donors (Lipinski definition) is 2. The third-order valence-corrected chi connectivity index (χ3v) is 3.79. The van der Waals surface area contributed by atoms with Gasteiger partial charge in [0.05, 0.1) is 12.6 Å². The van der Waals surface area contributed by atoms with Crippen molar-refractivity contribution in [2.45, 2.75) is 24.9 Å². The summed E-state index contributed by atoms with van der Waals surface area (Å²) in [6.07, 6.45) is 3.12. The van der Waals surface area contributed by atoms with Crippen LogP contribution >= 0.6 is 24.8 Å². The molecule has 6 nitrogen and oxygen atoms in total. The van der Waals surface area contributed by atoms with E-state index in [2.05, 4.69) is 10.3 Å². The molecule has 0 unspecified atom stereocenters. The van der Waals surface area contributed by atoms with Crippen molar-refractivity contribution in [2.75, 3.05) is 7.11 Å². The van der Waals surface area contributed by atoms with Crippen molar-refractivity contribution in [3.8, 4) is 17.4 Å².